The van der Waals surface area contributed by atoms with Crippen molar-refractivity contribution in [3.63, 3.8) is 0 Å². The number of rotatable bonds is 7. The number of nitrogens with one attached hydrogen (secondary N) is 1. The van der Waals surface area contributed by atoms with Gasteiger partial charge in [-0.05, 0) is 33.7 Å². The lowest BCUT2D eigenvalue weighted by Gasteiger charge is -2.49. The Kier molecular flexibility index (Phi) is 6.08. The van der Waals surface area contributed by atoms with Gasteiger partial charge in [0.2, 0.25) is 5.16 Å². The summed E-state index contributed by atoms with van der Waals surface area (Å²) in [5.41, 5.74) is 0.698. The highest BCUT2D eigenvalue weighted by molar-refractivity contribution is 8.01. The molecule has 0 saturated carbocycles. The molecule has 3 heterocycles. The number of aliphatic carboxylic acids is 1. The largest absolute Gasteiger partial charge is 0.508 e. The van der Waals surface area contributed by atoms with Gasteiger partial charge in [-0.2, -0.15) is 0 Å². The van der Waals surface area contributed by atoms with Crippen LogP contribution in [-0.2, 0) is 21.4 Å². The molecule has 168 valence electrons. The van der Waals surface area contributed by atoms with E-state index in [9.17, 15) is 29.7 Å². The average Bonchev–Trinajstić information content (AvgIpc) is 3.19. The third-order valence-corrected chi connectivity index (χ3v) is 7.40. The molecule has 2 amide bonds. The van der Waals surface area contributed by atoms with Crippen molar-refractivity contribution < 1.29 is 29.7 Å². The summed E-state index contributed by atoms with van der Waals surface area (Å²) in [5, 5.41) is 42.8. The highest BCUT2D eigenvalue weighted by atomic mass is 32.2. The normalized spacial score (nSPS) is 21.1. The van der Waals surface area contributed by atoms with Crippen molar-refractivity contribution in [3.05, 3.63) is 41.1 Å². The Hall–Kier alpha value is -3.10. The molecule has 4 N–H and O–H groups in total. The number of aryl methyl sites for hydroxylation is 1. The minimum absolute atomic E-state index is 0.0119. The summed E-state index contributed by atoms with van der Waals surface area (Å²) in [6, 6.07) is 4.50. The van der Waals surface area contributed by atoms with Crippen LogP contribution >= 0.6 is 23.5 Å². The van der Waals surface area contributed by atoms with Gasteiger partial charge in [-0.1, -0.05) is 23.9 Å². The van der Waals surface area contributed by atoms with Gasteiger partial charge >= 0.3 is 5.97 Å². The fourth-order valence-electron chi connectivity index (χ4n) is 3.33. The van der Waals surface area contributed by atoms with Gasteiger partial charge in [0, 0.05) is 18.6 Å². The van der Waals surface area contributed by atoms with Gasteiger partial charge in [-0.15, -0.1) is 16.9 Å². The van der Waals surface area contributed by atoms with E-state index in [1.54, 1.807) is 7.05 Å². The molecule has 2 aliphatic rings. The minimum Gasteiger partial charge on any atom is -0.508 e. The van der Waals surface area contributed by atoms with E-state index in [0.29, 0.717) is 16.5 Å². The zero-order valence-corrected chi connectivity index (χ0v) is 18.2. The molecule has 0 bridgehead atoms. The van der Waals surface area contributed by atoms with Gasteiger partial charge in [0.05, 0.1) is 0 Å². The highest BCUT2D eigenvalue weighted by Crippen LogP contribution is 2.41. The first-order valence-electron chi connectivity index (χ1n) is 9.30. The number of nitrogens with zero attached hydrogens (tertiary/aromatic N) is 5. The van der Waals surface area contributed by atoms with E-state index in [1.165, 1.54) is 57.4 Å². The number of hydrogen-bond donors (Lipinski definition) is 4. The first kappa shape index (κ1) is 22.1. The number of β-lactam (4-membered cyclic amide) rings is 1. The number of benzene rings is 1. The second-order valence-electron chi connectivity index (χ2n) is 7.02. The van der Waals surface area contributed by atoms with Crippen LogP contribution in [0.3, 0.4) is 0 Å². The Morgan fingerprint density at radius 2 is 2.06 bits per heavy atom. The Balaban J connectivity index is 1.45. The average molecular weight is 479 g/mol. The number of carboxylic acids is 1. The van der Waals surface area contributed by atoms with Crippen LogP contribution in [0.2, 0.25) is 0 Å². The molecule has 1 aromatic heterocycles. The molecule has 4 rings (SSSR count). The van der Waals surface area contributed by atoms with Crippen molar-refractivity contribution in [3.8, 4) is 5.75 Å². The lowest BCUT2D eigenvalue weighted by Crippen LogP contribution is -2.70. The second-order valence-corrected chi connectivity index (χ2v) is 9.07. The molecular formula is C18H18N6O6S2. The van der Waals surface area contributed by atoms with Crippen LogP contribution in [0.25, 0.3) is 0 Å². The molecule has 12 nitrogen and oxygen atoms in total. The Morgan fingerprint density at radius 1 is 1.34 bits per heavy atom. The predicted octanol–water partition coefficient (Wildman–Crippen LogP) is -0.520. The number of aliphatic hydroxyl groups is 1. The van der Waals surface area contributed by atoms with Crippen LogP contribution in [-0.4, -0.2) is 81.1 Å². The fraction of sp³-hybridized carbons (Fsp3) is 0.333. The summed E-state index contributed by atoms with van der Waals surface area (Å²) in [5.74, 6) is -1.96. The molecule has 0 aliphatic carbocycles. The topological polar surface area (TPSA) is 171 Å². The van der Waals surface area contributed by atoms with Gasteiger partial charge in [-0.25, -0.2) is 9.48 Å². The standard InChI is InChI=1S/C18H18N6O6S2/c1-23-18(20-21-22-23)32-7-9-6-31-16-11(15(28)24(16)12(9)17(29)30)19-14(27)13(26)8-2-4-10(25)5-3-8/h2-5,11,13,16,25-26H,6-7H2,1H3,(H,19,27)(H,29,30)/t11-,13-,16-/m1/s1. The smallest absolute Gasteiger partial charge is 0.352 e. The van der Waals surface area contributed by atoms with Crippen molar-refractivity contribution >= 4 is 41.3 Å². The molecule has 2 aromatic rings. The number of aliphatic hydroxyl groups excluding tert-OH is 1. The van der Waals surface area contributed by atoms with Gasteiger partial charge in [0.15, 0.2) is 6.10 Å². The predicted molar refractivity (Wildman–Crippen MR) is 112 cm³/mol. The van der Waals surface area contributed by atoms with Crippen LogP contribution in [0.15, 0.2) is 40.7 Å². The molecule has 2 aliphatic heterocycles. The molecule has 14 heteroatoms. The van der Waals surface area contributed by atoms with Crippen LogP contribution in [0.5, 0.6) is 5.75 Å². The fourth-order valence-corrected chi connectivity index (χ4v) is 5.66. The lowest BCUT2D eigenvalue weighted by molar-refractivity contribution is -0.151. The summed E-state index contributed by atoms with van der Waals surface area (Å²) in [7, 11) is 1.67. The maximum atomic E-state index is 12.7. The van der Waals surface area contributed by atoms with E-state index in [-0.39, 0.29) is 22.8 Å². The number of phenolic OH excluding ortho intramolecular Hbond substituents is 1. The number of carbonyl (C=O) groups is 3. The summed E-state index contributed by atoms with van der Waals surface area (Å²) >= 11 is 2.59. The van der Waals surface area contributed by atoms with E-state index in [0.717, 1.165) is 0 Å². The number of aromatic hydroxyl groups is 1. The highest BCUT2D eigenvalue weighted by Gasteiger charge is 2.54. The number of amides is 2. The lowest BCUT2D eigenvalue weighted by atomic mass is 10.0. The maximum absolute atomic E-state index is 12.7. The molecule has 1 fully saturated rings. The van der Waals surface area contributed by atoms with Crippen LogP contribution in [0, 0.1) is 0 Å². The summed E-state index contributed by atoms with van der Waals surface area (Å²) < 4.78 is 1.46. The quantitative estimate of drug-likeness (QED) is 0.298. The maximum Gasteiger partial charge on any atom is 0.352 e. The van der Waals surface area contributed by atoms with E-state index in [4.69, 9.17) is 0 Å². The summed E-state index contributed by atoms with van der Waals surface area (Å²) in [6.45, 7) is 0. The van der Waals surface area contributed by atoms with E-state index < -0.39 is 35.3 Å². The Morgan fingerprint density at radius 3 is 2.69 bits per heavy atom. The Labute approximate surface area is 189 Å². The van der Waals surface area contributed by atoms with E-state index >= 15 is 0 Å². The zero-order chi connectivity index (χ0) is 23.0. The number of phenols is 1. The van der Waals surface area contributed by atoms with Crippen LogP contribution in [0.1, 0.15) is 11.7 Å². The molecule has 1 saturated heterocycles. The SMILES string of the molecule is Cn1nnnc1SCC1=C(C(=O)O)N2C(=O)[C@@H](NC(=O)[C@H](O)c3ccc(O)cc3)[C@H]2SC1. The number of aromatic nitrogens is 4. The first-order chi connectivity index (χ1) is 15.3. The first-order valence-corrected chi connectivity index (χ1v) is 11.3. The number of tetrazole rings is 1. The monoisotopic (exact) mass is 478 g/mol. The van der Waals surface area contributed by atoms with Crippen molar-refractivity contribution in [2.75, 3.05) is 11.5 Å². The summed E-state index contributed by atoms with van der Waals surface area (Å²) in [4.78, 5) is 38.2. The van der Waals surface area contributed by atoms with Gasteiger partial charge < -0.3 is 20.6 Å². The molecule has 0 spiro atoms. The molecule has 3 atom stereocenters. The summed E-state index contributed by atoms with van der Waals surface area (Å²) in [6.07, 6.45) is -1.53. The van der Waals surface area contributed by atoms with Crippen molar-refractivity contribution in [2.24, 2.45) is 7.05 Å². The van der Waals surface area contributed by atoms with Crippen LogP contribution in [0.4, 0.5) is 0 Å². The number of fused-ring (bicyclic) bond motifs is 1. The molecule has 32 heavy (non-hydrogen) atoms. The van der Waals surface area contributed by atoms with Crippen LogP contribution < -0.4 is 5.32 Å². The van der Waals surface area contributed by atoms with Crippen molar-refractivity contribution in [2.45, 2.75) is 22.7 Å². The number of carbonyl (C=O) groups excluding carboxylic acids is 2. The molecular weight excluding hydrogens is 460 g/mol. The third kappa shape index (κ3) is 4.03. The Bertz CT molecular complexity index is 1100. The second kappa shape index (κ2) is 8.80. The minimum atomic E-state index is -1.53. The zero-order valence-electron chi connectivity index (χ0n) is 16.6. The van der Waals surface area contributed by atoms with Crippen molar-refractivity contribution in [1.29, 1.82) is 0 Å². The molecule has 1 aromatic carbocycles. The number of thioether (sulfide) groups is 2. The van der Waals surface area contributed by atoms with Gasteiger partial charge in [0.25, 0.3) is 11.8 Å². The van der Waals surface area contributed by atoms with Gasteiger partial charge in [0.1, 0.15) is 22.9 Å². The number of carboxylic acid groups (broad SMARTS) is 1. The van der Waals surface area contributed by atoms with Crippen molar-refractivity contribution in [1.82, 2.24) is 30.4 Å². The molecule has 0 unspecified atom stereocenters. The van der Waals surface area contributed by atoms with E-state index in [2.05, 4.69) is 20.8 Å². The molecule has 0 radical (unpaired) electrons. The van der Waals surface area contributed by atoms with E-state index in [1.807, 2.05) is 0 Å². The van der Waals surface area contributed by atoms with Gasteiger partial charge in [-0.3, -0.25) is 14.5 Å². The third-order valence-electron chi connectivity index (χ3n) is 4.96. The number of hydrogen-bond acceptors (Lipinski definition) is 10.